The van der Waals surface area contributed by atoms with Crippen molar-refractivity contribution < 1.29 is 4.39 Å². The van der Waals surface area contributed by atoms with Crippen LogP contribution in [0, 0.1) is 12.7 Å². The van der Waals surface area contributed by atoms with E-state index in [0.717, 1.165) is 29.8 Å². The van der Waals surface area contributed by atoms with Gasteiger partial charge in [0, 0.05) is 6.20 Å². The number of hydrogen-bond donors (Lipinski definition) is 1. The third-order valence-corrected chi connectivity index (χ3v) is 3.54. The molecule has 20 heavy (non-hydrogen) atoms. The lowest BCUT2D eigenvalue weighted by atomic mass is 9.94. The van der Waals surface area contributed by atoms with Crippen molar-refractivity contribution in [3.63, 3.8) is 0 Å². The molecule has 0 aliphatic heterocycles. The second kappa shape index (κ2) is 6.62. The summed E-state index contributed by atoms with van der Waals surface area (Å²) in [5.74, 6) is -0.206. The molecule has 2 nitrogen and oxygen atoms in total. The third kappa shape index (κ3) is 3.05. The highest BCUT2D eigenvalue weighted by Crippen LogP contribution is 2.26. The van der Waals surface area contributed by atoms with E-state index in [2.05, 4.69) is 30.2 Å². The van der Waals surface area contributed by atoms with Crippen LogP contribution < -0.4 is 5.32 Å². The number of hydrogen-bond acceptors (Lipinski definition) is 2. The summed E-state index contributed by atoms with van der Waals surface area (Å²) in [5.41, 5.74) is 4.22. The molecule has 2 aromatic rings. The number of pyridine rings is 1. The van der Waals surface area contributed by atoms with E-state index in [9.17, 15) is 4.39 Å². The van der Waals surface area contributed by atoms with Gasteiger partial charge >= 0.3 is 0 Å². The number of rotatable bonds is 5. The number of aromatic nitrogens is 1. The topological polar surface area (TPSA) is 24.9 Å². The van der Waals surface area contributed by atoms with Crippen LogP contribution in [0.15, 0.2) is 36.5 Å². The minimum atomic E-state index is -0.206. The highest BCUT2D eigenvalue weighted by Gasteiger charge is 2.19. The van der Waals surface area contributed by atoms with Crippen LogP contribution in [0.5, 0.6) is 0 Å². The normalized spacial score (nSPS) is 12.4. The van der Waals surface area contributed by atoms with Gasteiger partial charge in [-0.05, 0) is 54.8 Å². The average molecular weight is 272 g/mol. The smallest absolute Gasteiger partial charge is 0.123 e. The van der Waals surface area contributed by atoms with Crippen molar-refractivity contribution in [1.82, 2.24) is 10.3 Å². The largest absolute Gasteiger partial charge is 0.305 e. The van der Waals surface area contributed by atoms with Crippen molar-refractivity contribution in [1.29, 1.82) is 0 Å². The van der Waals surface area contributed by atoms with Crippen molar-refractivity contribution in [2.75, 3.05) is 6.54 Å². The first-order chi connectivity index (χ1) is 9.67. The van der Waals surface area contributed by atoms with Gasteiger partial charge < -0.3 is 5.32 Å². The summed E-state index contributed by atoms with van der Waals surface area (Å²) >= 11 is 0. The Morgan fingerprint density at radius 1 is 1.25 bits per heavy atom. The van der Waals surface area contributed by atoms with Gasteiger partial charge in [-0.2, -0.15) is 0 Å². The van der Waals surface area contributed by atoms with E-state index < -0.39 is 0 Å². The number of aryl methyl sites for hydroxylation is 2. The Morgan fingerprint density at radius 3 is 2.75 bits per heavy atom. The van der Waals surface area contributed by atoms with Gasteiger partial charge in [0.05, 0.1) is 11.7 Å². The molecular formula is C17H21FN2. The van der Waals surface area contributed by atoms with E-state index in [-0.39, 0.29) is 11.9 Å². The van der Waals surface area contributed by atoms with Gasteiger partial charge in [-0.3, -0.25) is 4.98 Å². The zero-order chi connectivity index (χ0) is 14.5. The van der Waals surface area contributed by atoms with Crippen LogP contribution in [-0.4, -0.2) is 11.5 Å². The van der Waals surface area contributed by atoms with Crippen LogP contribution in [0.2, 0.25) is 0 Å². The number of benzene rings is 1. The highest BCUT2D eigenvalue weighted by atomic mass is 19.1. The fraction of sp³-hybridized carbons (Fsp3) is 0.353. The predicted octanol–water partition coefficient (Wildman–Crippen LogP) is 3.79. The fourth-order valence-electron chi connectivity index (χ4n) is 2.49. The van der Waals surface area contributed by atoms with Gasteiger partial charge in [0.1, 0.15) is 5.82 Å². The van der Waals surface area contributed by atoms with Crippen molar-refractivity contribution >= 4 is 0 Å². The zero-order valence-corrected chi connectivity index (χ0v) is 12.3. The van der Waals surface area contributed by atoms with E-state index in [1.807, 2.05) is 19.1 Å². The Balaban J connectivity index is 2.53. The van der Waals surface area contributed by atoms with Gasteiger partial charge in [0.15, 0.2) is 0 Å². The summed E-state index contributed by atoms with van der Waals surface area (Å²) in [6.45, 7) is 6.98. The summed E-state index contributed by atoms with van der Waals surface area (Å²) in [5, 5.41) is 3.43. The molecule has 0 saturated heterocycles. The maximum atomic E-state index is 13.6. The molecule has 1 atom stereocenters. The molecule has 2 rings (SSSR count). The van der Waals surface area contributed by atoms with Crippen LogP contribution in [0.4, 0.5) is 4.39 Å². The fourth-order valence-corrected chi connectivity index (χ4v) is 2.49. The number of nitrogens with one attached hydrogen (secondary N) is 1. The van der Waals surface area contributed by atoms with Crippen LogP contribution in [-0.2, 0) is 6.42 Å². The van der Waals surface area contributed by atoms with Crippen LogP contribution in [0.25, 0.3) is 0 Å². The zero-order valence-electron chi connectivity index (χ0n) is 12.3. The Kier molecular flexibility index (Phi) is 4.85. The van der Waals surface area contributed by atoms with Gasteiger partial charge in [0.2, 0.25) is 0 Å². The number of halogens is 1. The van der Waals surface area contributed by atoms with Gasteiger partial charge in [-0.1, -0.05) is 26.0 Å². The lowest BCUT2D eigenvalue weighted by Gasteiger charge is -2.22. The molecule has 0 aliphatic carbocycles. The van der Waals surface area contributed by atoms with E-state index in [0.29, 0.717) is 0 Å². The van der Waals surface area contributed by atoms with Crippen molar-refractivity contribution in [3.8, 4) is 0 Å². The Bertz CT molecular complexity index is 581. The number of nitrogens with zero attached hydrogens (tertiary/aromatic N) is 1. The van der Waals surface area contributed by atoms with Gasteiger partial charge in [0.25, 0.3) is 0 Å². The van der Waals surface area contributed by atoms with Crippen molar-refractivity contribution in [2.24, 2.45) is 0 Å². The maximum absolute atomic E-state index is 13.6. The van der Waals surface area contributed by atoms with E-state index in [1.54, 1.807) is 12.3 Å². The molecule has 3 heteroatoms. The molecule has 0 amide bonds. The van der Waals surface area contributed by atoms with Gasteiger partial charge in [-0.25, -0.2) is 4.39 Å². The average Bonchev–Trinajstić information content (AvgIpc) is 2.47. The summed E-state index contributed by atoms with van der Waals surface area (Å²) < 4.78 is 13.6. The summed E-state index contributed by atoms with van der Waals surface area (Å²) in [7, 11) is 0. The summed E-state index contributed by atoms with van der Waals surface area (Å²) in [4.78, 5) is 4.53. The van der Waals surface area contributed by atoms with Crippen LogP contribution in [0.1, 0.15) is 42.3 Å². The molecular weight excluding hydrogens is 251 g/mol. The Hall–Kier alpha value is -1.74. The molecule has 0 fully saturated rings. The monoisotopic (exact) mass is 272 g/mol. The lowest BCUT2D eigenvalue weighted by molar-refractivity contribution is 0.589. The van der Waals surface area contributed by atoms with Crippen molar-refractivity contribution in [3.05, 3.63) is 64.7 Å². The second-order valence-electron chi connectivity index (χ2n) is 4.89. The molecule has 1 aromatic heterocycles. The van der Waals surface area contributed by atoms with Gasteiger partial charge in [-0.15, -0.1) is 0 Å². The molecule has 1 N–H and O–H groups in total. The van der Waals surface area contributed by atoms with Crippen LogP contribution >= 0.6 is 0 Å². The highest BCUT2D eigenvalue weighted by molar-refractivity contribution is 5.37. The molecule has 0 saturated carbocycles. The minimum Gasteiger partial charge on any atom is -0.305 e. The quantitative estimate of drug-likeness (QED) is 0.895. The minimum absolute atomic E-state index is 0.0631. The molecule has 0 spiro atoms. The van der Waals surface area contributed by atoms with E-state index >= 15 is 0 Å². The molecule has 1 unspecified atom stereocenters. The summed E-state index contributed by atoms with van der Waals surface area (Å²) in [6, 6.07) is 8.90. The van der Waals surface area contributed by atoms with Crippen LogP contribution in [0.3, 0.4) is 0 Å². The molecule has 1 aromatic carbocycles. The Labute approximate surface area is 120 Å². The molecule has 0 radical (unpaired) electrons. The first kappa shape index (κ1) is 14.7. The first-order valence-electron chi connectivity index (χ1n) is 7.10. The molecule has 1 heterocycles. The summed E-state index contributed by atoms with van der Waals surface area (Å²) in [6.07, 6.45) is 2.72. The van der Waals surface area contributed by atoms with E-state index in [4.69, 9.17) is 0 Å². The first-order valence-corrected chi connectivity index (χ1v) is 7.10. The van der Waals surface area contributed by atoms with Crippen molar-refractivity contribution in [2.45, 2.75) is 33.2 Å². The molecule has 106 valence electrons. The SMILES string of the molecule is CCNC(c1cc(F)ccc1C)c1ncccc1CC. The standard InChI is InChI=1S/C17H21FN2/c1-4-13-7-6-10-20-16(13)17(19-5-2)15-11-14(18)9-8-12(15)3/h6-11,17,19H,4-5H2,1-3H3. The predicted molar refractivity (Wildman–Crippen MR) is 80.3 cm³/mol. The van der Waals surface area contributed by atoms with E-state index in [1.165, 1.54) is 11.6 Å². The second-order valence-corrected chi connectivity index (χ2v) is 4.89. The molecule has 0 bridgehead atoms. The Morgan fingerprint density at radius 2 is 2.05 bits per heavy atom. The lowest BCUT2D eigenvalue weighted by Crippen LogP contribution is -2.25. The third-order valence-electron chi connectivity index (χ3n) is 3.54. The maximum Gasteiger partial charge on any atom is 0.123 e. The molecule has 0 aliphatic rings.